The Labute approximate surface area is 113 Å². The van der Waals surface area contributed by atoms with Gasteiger partial charge in [0.05, 0.1) is 4.90 Å². The summed E-state index contributed by atoms with van der Waals surface area (Å²) in [7, 11) is -2.17. The number of hydrogen-bond donors (Lipinski definition) is 0. The Balaban J connectivity index is 3.14. The maximum atomic E-state index is 13.2. The van der Waals surface area contributed by atoms with Gasteiger partial charge in [0, 0.05) is 19.5 Å². The minimum absolute atomic E-state index is 0.0382. The Morgan fingerprint density at radius 3 is 2.61 bits per heavy atom. The smallest absolute Gasteiger partial charge is 0.207 e. The lowest BCUT2D eigenvalue weighted by Crippen LogP contribution is -2.28. The molecule has 0 radical (unpaired) electrons. The first-order valence-corrected chi connectivity index (χ1v) is 7.71. The van der Waals surface area contributed by atoms with Crippen LogP contribution in [0.1, 0.15) is 25.3 Å². The van der Waals surface area contributed by atoms with Gasteiger partial charge in [0.25, 0.3) is 0 Å². The average molecular weight is 294 g/mol. The molecule has 1 aromatic carbocycles. The highest BCUT2D eigenvalue weighted by Gasteiger charge is 2.23. The summed E-state index contributed by atoms with van der Waals surface area (Å²) in [5, 5.41) is 0. The fourth-order valence-electron chi connectivity index (χ4n) is 1.55. The zero-order chi connectivity index (χ0) is 13.8. The second-order valence-electron chi connectivity index (χ2n) is 4.07. The quantitative estimate of drug-likeness (QED) is 0.756. The summed E-state index contributed by atoms with van der Waals surface area (Å²) in [6.45, 7) is 2.39. The van der Waals surface area contributed by atoms with Gasteiger partial charge in [0.15, 0.2) is 0 Å². The molecule has 0 amide bonds. The normalized spacial score (nSPS) is 12.1. The van der Waals surface area contributed by atoms with Gasteiger partial charge in [-0.2, -0.15) is 0 Å². The molecule has 1 aromatic rings. The van der Waals surface area contributed by atoms with Crippen LogP contribution < -0.4 is 0 Å². The topological polar surface area (TPSA) is 37.4 Å². The first-order valence-electron chi connectivity index (χ1n) is 5.74. The van der Waals surface area contributed by atoms with Crippen LogP contribution in [-0.2, 0) is 15.9 Å². The highest BCUT2D eigenvalue weighted by molar-refractivity contribution is 7.89. The fraction of sp³-hybridized carbons (Fsp3) is 0.500. The monoisotopic (exact) mass is 293 g/mol. The van der Waals surface area contributed by atoms with Gasteiger partial charge >= 0.3 is 0 Å². The first-order chi connectivity index (χ1) is 8.43. The lowest BCUT2D eigenvalue weighted by atomic mass is 10.2. The lowest BCUT2D eigenvalue weighted by molar-refractivity contribution is 0.458. The molecule has 0 aliphatic heterocycles. The van der Waals surface area contributed by atoms with Gasteiger partial charge in [-0.15, -0.1) is 11.6 Å². The van der Waals surface area contributed by atoms with Crippen molar-refractivity contribution in [2.75, 3.05) is 13.6 Å². The van der Waals surface area contributed by atoms with E-state index in [1.54, 1.807) is 0 Å². The summed E-state index contributed by atoms with van der Waals surface area (Å²) in [5.41, 5.74) is 0.418. The van der Waals surface area contributed by atoms with E-state index >= 15 is 0 Å². The Kier molecular flexibility index (Phi) is 5.56. The predicted molar refractivity (Wildman–Crippen MR) is 70.7 cm³/mol. The van der Waals surface area contributed by atoms with Crippen molar-refractivity contribution in [1.82, 2.24) is 4.31 Å². The van der Waals surface area contributed by atoms with Crippen molar-refractivity contribution in [1.29, 1.82) is 0 Å². The molecule has 3 nitrogen and oxygen atoms in total. The summed E-state index contributed by atoms with van der Waals surface area (Å²) >= 11 is 5.69. The van der Waals surface area contributed by atoms with Crippen LogP contribution in [0, 0.1) is 5.82 Å². The second kappa shape index (κ2) is 6.50. The van der Waals surface area contributed by atoms with Crippen LogP contribution in [0.3, 0.4) is 0 Å². The molecule has 0 aliphatic carbocycles. The third-order valence-corrected chi connectivity index (χ3v) is 4.91. The molecule has 0 spiro atoms. The Morgan fingerprint density at radius 1 is 1.39 bits per heavy atom. The molecule has 102 valence electrons. The number of alkyl halides is 1. The van der Waals surface area contributed by atoms with E-state index in [4.69, 9.17) is 11.6 Å². The summed E-state index contributed by atoms with van der Waals surface area (Å²) in [6.07, 6.45) is 1.66. The van der Waals surface area contributed by atoms with Gasteiger partial charge in [0.2, 0.25) is 10.0 Å². The minimum atomic E-state index is -3.67. The summed E-state index contributed by atoms with van der Waals surface area (Å²) < 4.78 is 39.0. The molecule has 0 aliphatic rings. The number of nitrogens with zero attached hydrogens (tertiary/aromatic N) is 1. The van der Waals surface area contributed by atoms with Gasteiger partial charge in [-0.25, -0.2) is 17.1 Å². The zero-order valence-electron chi connectivity index (χ0n) is 10.5. The molecule has 18 heavy (non-hydrogen) atoms. The molecule has 0 bridgehead atoms. The van der Waals surface area contributed by atoms with Crippen molar-refractivity contribution in [3.8, 4) is 0 Å². The zero-order valence-corrected chi connectivity index (χ0v) is 12.1. The molecule has 0 atom stereocenters. The highest BCUT2D eigenvalue weighted by Crippen LogP contribution is 2.22. The van der Waals surface area contributed by atoms with Crippen LogP contribution >= 0.6 is 11.6 Å². The lowest BCUT2D eigenvalue weighted by Gasteiger charge is -2.18. The molecule has 6 heteroatoms. The van der Waals surface area contributed by atoms with Crippen LogP contribution in [0.15, 0.2) is 23.1 Å². The number of sulfonamides is 1. The third kappa shape index (κ3) is 3.43. The maximum Gasteiger partial charge on any atom is 0.243 e. The summed E-state index contributed by atoms with van der Waals surface area (Å²) in [6, 6.07) is 3.64. The molecule has 0 unspecified atom stereocenters. The van der Waals surface area contributed by atoms with Crippen LogP contribution in [0.2, 0.25) is 0 Å². The van der Waals surface area contributed by atoms with Crippen molar-refractivity contribution >= 4 is 21.6 Å². The second-order valence-corrected chi connectivity index (χ2v) is 6.35. The van der Waals surface area contributed by atoms with Crippen molar-refractivity contribution in [2.45, 2.75) is 30.5 Å². The molecule has 0 N–H and O–H groups in total. The molecule has 0 saturated carbocycles. The van der Waals surface area contributed by atoms with Gasteiger partial charge in [-0.1, -0.05) is 19.4 Å². The van der Waals surface area contributed by atoms with Gasteiger partial charge in [0.1, 0.15) is 5.82 Å². The summed E-state index contributed by atoms with van der Waals surface area (Å²) in [4.78, 5) is -0.0453. The summed E-state index contributed by atoms with van der Waals surface area (Å²) in [5.74, 6) is -0.539. The van der Waals surface area contributed by atoms with Crippen LogP contribution in [0.25, 0.3) is 0 Å². The molecular formula is C12H17ClFNO2S. The Morgan fingerprint density at radius 2 is 2.06 bits per heavy atom. The molecule has 0 aromatic heterocycles. The molecular weight excluding hydrogens is 277 g/mol. The number of rotatable bonds is 6. The SMILES string of the molecule is CCCCN(C)S(=O)(=O)c1cc(F)ccc1CCl. The number of benzene rings is 1. The van der Waals surface area contributed by atoms with Crippen molar-refractivity contribution in [3.05, 3.63) is 29.6 Å². The number of hydrogen-bond acceptors (Lipinski definition) is 2. The minimum Gasteiger partial charge on any atom is -0.207 e. The predicted octanol–water partition coefficient (Wildman–Crippen LogP) is 2.99. The number of unbranched alkanes of at least 4 members (excludes halogenated alkanes) is 1. The van der Waals surface area contributed by atoms with Gasteiger partial charge in [-0.3, -0.25) is 0 Å². The molecule has 1 rings (SSSR count). The van der Waals surface area contributed by atoms with Crippen LogP contribution in [0.4, 0.5) is 4.39 Å². The van der Waals surface area contributed by atoms with E-state index in [1.807, 2.05) is 6.92 Å². The van der Waals surface area contributed by atoms with Crippen LogP contribution in [0.5, 0.6) is 0 Å². The first kappa shape index (κ1) is 15.4. The van der Waals surface area contributed by atoms with E-state index < -0.39 is 15.8 Å². The molecule has 0 fully saturated rings. The van der Waals surface area contributed by atoms with Crippen molar-refractivity contribution in [3.63, 3.8) is 0 Å². The third-order valence-electron chi connectivity index (χ3n) is 2.69. The Bertz CT molecular complexity index is 505. The van der Waals surface area contributed by atoms with Gasteiger partial charge in [-0.05, 0) is 24.1 Å². The number of halogens is 2. The van der Waals surface area contributed by atoms with E-state index in [9.17, 15) is 12.8 Å². The van der Waals surface area contributed by atoms with E-state index in [2.05, 4.69) is 0 Å². The largest absolute Gasteiger partial charge is 0.243 e. The standard InChI is InChI=1S/C12H17ClFNO2S/c1-3-4-7-15(2)18(16,17)12-8-11(14)6-5-10(12)9-13/h5-6,8H,3-4,7,9H2,1-2H3. The molecule has 0 saturated heterocycles. The highest BCUT2D eigenvalue weighted by atomic mass is 35.5. The van der Waals surface area contributed by atoms with E-state index in [0.717, 1.165) is 18.9 Å². The van der Waals surface area contributed by atoms with Crippen molar-refractivity contribution < 1.29 is 12.8 Å². The Hall–Kier alpha value is -0.650. The maximum absolute atomic E-state index is 13.2. The van der Waals surface area contributed by atoms with E-state index in [0.29, 0.717) is 12.1 Å². The fourth-order valence-corrected chi connectivity index (χ4v) is 3.30. The average Bonchev–Trinajstić information content (AvgIpc) is 2.35. The van der Waals surface area contributed by atoms with Crippen LogP contribution in [-0.4, -0.2) is 26.3 Å². The van der Waals surface area contributed by atoms with E-state index in [1.165, 1.54) is 23.5 Å². The van der Waals surface area contributed by atoms with E-state index in [-0.39, 0.29) is 10.8 Å². The molecule has 0 heterocycles. The van der Waals surface area contributed by atoms with Crippen molar-refractivity contribution in [2.24, 2.45) is 0 Å². The van der Waals surface area contributed by atoms with Gasteiger partial charge < -0.3 is 0 Å².